The van der Waals surface area contributed by atoms with Crippen molar-refractivity contribution in [1.82, 2.24) is 5.32 Å². The molecule has 0 saturated carbocycles. The molecule has 4 nitrogen and oxygen atoms in total. The highest BCUT2D eigenvalue weighted by Crippen LogP contribution is 2.26. The van der Waals surface area contributed by atoms with Gasteiger partial charge >= 0.3 is 11.8 Å². The Balaban J connectivity index is 1.51. The first-order valence-electron chi connectivity index (χ1n) is 8.47. The number of carbonyl (C=O) groups is 2. The summed E-state index contributed by atoms with van der Waals surface area (Å²) in [5, 5.41) is 2.75. The van der Waals surface area contributed by atoms with E-state index in [1.807, 2.05) is 42.5 Å². The molecule has 2 amide bonds. The lowest BCUT2D eigenvalue weighted by Crippen LogP contribution is -2.45. The van der Waals surface area contributed by atoms with Gasteiger partial charge in [0.2, 0.25) is 0 Å². The number of nitrogens with zero attached hydrogens (tertiary/aromatic N) is 1. The summed E-state index contributed by atoms with van der Waals surface area (Å²) < 4.78 is 0. The zero-order valence-corrected chi connectivity index (χ0v) is 13.7. The van der Waals surface area contributed by atoms with Gasteiger partial charge in [-0.25, -0.2) is 0 Å². The van der Waals surface area contributed by atoms with E-state index in [2.05, 4.69) is 17.4 Å². The molecule has 1 N–H and O–H groups in total. The van der Waals surface area contributed by atoms with Crippen LogP contribution in [0.4, 0.5) is 5.69 Å². The minimum atomic E-state index is -0.514. The quantitative estimate of drug-likeness (QED) is 0.695. The first-order valence-corrected chi connectivity index (χ1v) is 8.47. The molecule has 4 heteroatoms. The molecule has 0 aliphatic carbocycles. The summed E-state index contributed by atoms with van der Waals surface area (Å²) in [7, 11) is 0. The first kappa shape index (κ1) is 16.2. The van der Waals surface area contributed by atoms with Crippen LogP contribution in [0.15, 0.2) is 54.6 Å². The molecule has 2 aromatic carbocycles. The molecule has 1 heterocycles. The Labute approximate surface area is 142 Å². The molecule has 0 saturated heterocycles. The van der Waals surface area contributed by atoms with E-state index >= 15 is 0 Å². The van der Waals surface area contributed by atoms with Crippen LogP contribution in [-0.4, -0.2) is 24.9 Å². The number of amides is 2. The van der Waals surface area contributed by atoms with Crippen molar-refractivity contribution in [2.45, 2.75) is 25.7 Å². The highest BCUT2D eigenvalue weighted by molar-refractivity contribution is 6.40. The molecule has 24 heavy (non-hydrogen) atoms. The average molecular weight is 322 g/mol. The maximum absolute atomic E-state index is 12.4. The summed E-state index contributed by atoms with van der Waals surface area (Å²) in [6.45, 7) is 1.11. The zero-order chi connectivity index (χ0) is 16.8. The van der Waals surface area contributed by atoms with Gasteiger partial charge in [0, 0.05) is 18.8 Å². The van der Waals surface area contributed by atoms with Crippen LogP contribution in [0.5, 0.6) is 0 Å². The van der Waals surface area contributed by atoms with Gasteiger partial charge in [-0.05, 0) is 42.9 Å². The minimum absolute atomic E-state index is 0.457. The van der Waals surface area contributed by atoms with Gasteiger partial charge in [0.05, 0.1) is 0 Å². The van der Waals surface area contributed by atoms with E-state index in [-0.39, 0.29) is 0 Å². The molecule has 0 fully saturated rings. The third-order valence-corrected chi connectivity index (χ3v) is 4.32. The lowest BCUT2D eigenvalue weighted by atomic mass is 10.0. The molecule has 0 radical (unpaired) electrons. The van der Waals surface area contributed by atoms with E-state index in [0.717, 1.165) is 36.9 Å². The summed E-state index contributed by atoms with van der Waals surface area (Å²) >= 11 is 0. The van der Waals surface area contributed by atoms with Gasteiger partial charge in [-0.3, -0.25) is 9.59 Å². The smallest absolute Gasteiger partial charge is 0.316 e. The van der Waals surface area contributed by atoms with Crippen molar-refractivity contribution in [3.8, 4) is 0 Å². The summed E-state index contributed by atoms with van der Waals surface area (Å²) in [4.78, 5) is 26.2. The van der Waals surface area contributed by atoms with Crippen molar-refractivity contribution >= 4 is 17.5 Å². The Bertz CT molecular complexity index is 713. The minimum Gasteiger partial charge on any atom is -0.348 e. The van der Waals surface area contributed by atoms with Gasteiger partial charge in [-0.1, -0.05) is 48.5 Å². The van der Waals surface area contributed by atoms with Crippen LogP contribution in [0, 0.1) is 0 Å². The number of benzene rings is 2. The van der Waals surface area contributed by atoms with Crippen LogP contribution in [-0.2, 0) is 22.4 Å². The predicted molar refractivity (Wildman–Crippen MR) is 94.9 cm³/mol. The standard InChI is InChI=1S/C20H22N2O2/c23-19(21-14-6-10-16-8-2-1-3-9-16)20(24)22-15-7-12-17-11-4-5-13-18(17)22/h1-5,8-9,11,13H,6-7,10,12,14-15H2,(H,21,23). The van der Waals surface area contributed by atoms with E-state index in [4.69, 9.17) is 0 Å². The number of nitrogens with one attached hydrogen (secondary N) is 1. The zero-order valence-electron chi connectivity index (χ0n) is 13.7. The van der Waals surface area contributed by atoms with Crippen molar-refractivity contribution in [2.24, 2.45) is 0 Å². The van der Waals surface area contributed by atoms with E-state index < -0.39 is 11.8 Å². The van der Waals surface area contributed by atoms with Gasteiger partial charge in [0.25, 0.3) is 0 Å². The van der Waals surface area contributed by atoms with Crippen LogP contribution in [0.2, 0.25) is 0 Å². The van der Waals surface area contributed by atoms with Crippen molar-refractivity contribution in [1.29, 1.82) is 0 Å². The second kappa shape index (κ2) is 7.77. The average Bonchev–Trinajstić information content (AvgIpc) is 2.65. The Kier molecular flexibility index (Phi) is 5.26. The monoisotopic (exact) mass is 322 g/mol. The second-order valence-electron chi connectivity index (χ2n) is 6.03. The number of para-hydroxylation sites is 1. The number of rotatable bonds is 4. The van der Waals surface area contributed by atoms with Crippen LogP contribution in [0.3, 0.4) is 0 Å². The van der Waals surface area contributed by atoms with E-state index in [0.29, 0.717) is 13.1 Å². The number of hydrogen-bond acceptors (Lipinski definition) is 2. The van der Waals surface area contributed by atoms with Crippen molar-refractivity contribution in [3.63, 3.8) is 0 Å². The van der Waals surface area contributed by atoms with Gasteiger partial charge in [-0.15, -0.1) is 0 Å². The maximum atomic E-state index is 12.4. The fraction of sp³-hybridized carbons (Fsp3) is 0.300. The third-order valence-electron chi connectivity index (χ3n) is 4.32. The number of aryl methyl sites for hydroxylation is 2. The predicted octanol–water partition coefficient (Wildman–Crippen LogP) is 2.71. The maximum Gasteiger partial charge on any atom is 0.316 e. The number of fused-ring (bicyclic) bond motifs is 1. The highest BCUT2D eigenvalue weighted by atomic mass is 16.2. The number of anilines is 1. The summed E-state index contributed by atoms with van der Waals surface area (Å²) in [5.74, 6) is -0.971. The summed E-state index contributed by atoms with van der Waals surface area (Å²) in [6, 6.07) is 17.9. The van der Waals surface area contributed by atoms with E-state index in [1.165, 1.54) is 5.56 Å². The fourth-order valence-electron chi connectivity index (χ4n) is 3.08. The largest absolute Gasteiger partial charge is 0.348 e. The first-order chi connectivity index (χ1) is 11.8. The summed E-state index contributed by atoms with van der Waals surface area (Å²) in [5.41, 5.74) is 3.24. The number of carbonyl (C=O) groups excluding carboxylic acids is 2. The van der Waals surface area contributed by atoms with Crippen molar-refractivity contribution in [3.05, 3.63) is 65.7 Å². The van der Waals surface area contributed by atoms with Gasteiger partial charge in [-0.2, -0.15) is 0 Å². The molecule has 0 aromatic heterocycles. The van der Waals surface area contributed by atoms with Crippen molar-refractivity contribution in [2.75, 3.05) is 18.0 Å². The molecule has 2 aromatic rings. The van der Waals surface area contributed by atoms with Crippen molar-refractivity contribution < 1.29 is 9.59 Å². The van der Waals surface area contributed by atoms with E-state index in [1.54, 1.807) is 4.90 Å². The van der Waals surface area contributed by atoms with Gasteiger partial charge < -0.3 is 10.2 Å². The summed E-state index contributed by atoms with van der Waals surface area (Å²) in [6.07, 6.45) is 3.56. The van der Waals surface area contributed by atoms with E-state index in [9.17, 15) is 9.59 Å². The lowest BCUT2D eigenvalue weighted by molar-refractivity contribution is -0.137. The Morgan fingerprint density at radius 2 is 1.75 bits per heavy atom. The lowest BCUT2D eigenvalue weighted by Gasteiger charge is -2.28. The molecule has 0 atom stereocenters. The number of hydrogen-bond donors (Lipinski definition) is 1. The van der Waals surface area contributed by atoms with Gasteiger partial charge in [0.15, 0.2) is 0 Å². The van der Waals surface area contributed by atoms with Crippen LogP contribution in [0.1, 0.15) is 24.0 Å². The van der Waals surface area contributed by atoms with Crippen LogP contribution < -0.4 is 10.2 Å². The fourth-order valence-corrected chi connectivity index (χ4v) is 3.08. The third kappa shape index (κ3) is 3.82. The molecule has 1 aliphatic heterocycles. The van der Waals surface area contributed by atoms with Crippen LogP contribution >= 0.6 is 0 Å². The van der Waals surface area contributed by atoms with Crippen LogP contribution in [0.25, 0.3) is 0 Å². The SMILES string of the molecule is O=C(NCCCc1ccccc1)C(=O)N1CCCc2ccccc21. The highest BCUT2D eigenvalue weighted by Gasteiger charge is 2.26. The Morgan fingerprint density at radius 3 is 2.58 bits per heavy atom. The molecule has 0 spiro atoms. The molecule has 0 unspecified atom stereocenters. The molecule has 3 rings (SSSR count). The Morgan fingerprint density at radius 1 is 1.00 bits per heavy atom. The molecule has 1 aliphatic rings. The van der Waals surface area contributed by atoms with Gasteiger partial charge in [0.1, 0.15) is 0 Å². The topological polar surface area (TPSA) is 49.4 Å². The molecular weight excluding hydrogens is 300 g/mol. The normalized spacial score (nSPS) is 13.2. The molecule has 124 valence electrons. The second-order valence-corrected chi connectivity index (χ2v) is 6.03. The molecule has 0 bridgehead atoms. The Hall–Kier alpha value is -2.62. The molecular formula is C20H22N2O2.